The van der Waals surface area contributed by atoms with Crippen molar-refractivity contribution < 1.29 is 4.79 Å². The van der Waals surface area contributed by atoms with Crippen molar-refractivity contribution in [3.05, 3.63) is 0 Å². The average Bonchev–Trinajstić information content (AvgIpc) is 2.29. The normalized spacial score (nSPS) is 25.8. The summed E-state index contributed by atoms with van der Waals surface area (Å²) in [4.78, 5) is 13.4. The number of carbonyl (C=O) groups excluding carboxylic acids is 1. The van der Waals surface area contributed by atoms with Gasteiger partial charge in [0, 0.05) is 38.1 Å². The molecular weight excluding hydrogens is 202 g/mol. The van der Waals surface area contributed by atoms with Crippen LogP contribution in [0.25, 0.3) is 0 Å². The predicted molar refractivity (Wildman–Crippen MR) is 64.1 cm³/mol. The molecule has 16 heavy (non-hydrogen) atoms. The Bertz CT molecular complexity index is 240. The maximum absolute atomic E-state index is 10.9. The minimum atomic E-state index is -0.176. The highest BCUT2D eigenvalue weighted by Gasteiger charge is 2.39. The summed E-state index contributed by atoms with van der Waals surface area (Å²) < 4.78 is 0. The number of carbonyl (C=O) groups is 1. The zero-order chi connectivity index (χ0) is 11.4. The minimum Gasteiger partial charge on any atom is -0.370 e. The van der Waals surface area contributed by atoms with Crippen LogP contribution in [-0.2, 0) is 4.79 Å². The van der Waals surface area contributed by atoms with Crippen molar-refractivity contribution in [2.75, 3.05) is 26.2 Å². The second-order valence-electron chi connectivity index (χ2n) is 5.17. The molecule has 0 aromatic heterocycles. The van der Waals surface area contributed by atoms with Crippen LogP contribution in [-0.4, -0.2) is 42.5 Å². The van der Waals surface area contributed by atoms with Crippen molar-refractivity contribution in [1.29, 1.82) is 0 Å². The quantitative estimate of drug-likeness (QED) is 0.734. The lowest BCUT2D eigenvalue weighted by Gasteiger charge is -2.50. The maximum atomic E-state index is 10.9. The van der Waals surface area contributed by atoms with E-state index in [1.54, 1.807) is 0 Å². The Hall–Kier alpha value is -0.610. The molecule has 2 aliphatic rings. The monoisotopic (exact) mass is 225 g/mol. The zero-order valence-electron chi connectivity index (χ0n) is 10.0. The fourth-order valence-electron chi connectivity index (χ4n) is 3.18. The molecule has 0 radical (unpaired) electrons. The highest BCUT2D eigenvalue weighted by molar-refractivity contribution is 5.73. The minimum absolute atomic E-state index is 0.176. The number of nitrogens with one attached hydrogen (secondary N) is 1. The first kappa shape index (κ1) is 11.9. The van der Waals surface area contributed by atoms with Crippen LogP contribution < -0.4 is 11.1 Å². The van der Waals surface area contributed by atoms with E-state index < -0.39 is 0 Å². The van der Waals surface area contributed by atoms with Gasteiger partial charge < -0.3 is 11.1 Å². The van der Waals surface area contributed by atoms with Gasteiger partial charge in [-0.25, -0.2) is 0 Å². The van der Waals surface area contributed by atoms with Gasteiger partial charge in [0.1, 0.15) is 0 Å². The van der Waals surface area contributed by atoms with Gasteiger partial charge in [-0.15, -0.1) is 0 Å². The van der Waals surface area contributed by atoms with E-state index in [0.717, 1.165) is 26.2 Å². The smallest absolute Gasteiger partial charge is 0.218 e. The number of hydrogen-bond acceptors (Lipinski definition) is 3. The van der Waals surface area contributed by atoms with Crippen LogP contribution in [0.5, 0.6) is 0 Å². The molecule has 0 aromatic rings. The molecule has 2 rings (SSSR count). The number of rotatable bonds is 3. The Morgan fingerprint density at radius 3 is 2.75 bits per heavy atom. The van der Waals surface area contributed by atoms with E-state index in [4.69, 9.17) is 5.73 Å². The Morgan fingerprint density at radius 2 is 2.06 bits per heavy atom. The van der Waals surface area contributed by atoms with Crippen LogP contribution in [0.4, 0.5) is 0 Å². The first-order valence-corrected chi connectivity index (χ1v) is 6.47. The van der Waals surface area contributed by atoms with Crippen LogP contribution in [0.3, 0.4) is 0 Å². The van der Waals surface area contributed by atoms with Crippen molar-refractivity contribution in [1.82, 2.24) is 10.2 Å². The lowest BCUT2D eigenvalue weighted by molar-refractivity contribution is -0.118. The van der Waals surface area contributed by atoms with Crippen LogP contribution >= 0.6 is 0 Å². The van der Waals surface area contributed by atoms with E-state index in [1.165, 1.54) is 32.1 Å². The van der Waals surface area contributed by atoms with Crippen molar-refractivity contribution >= 4 is 5.91 Å². The maximum Gasteiger partial charge on any atom is 0.218 e. The van der Waals surface area contributed by atoms with Crippen molar-refractivity contribution in [2.24, 2.45) is 5.73 Å². The number of nitrogens with zero attached hydrogens (tertiary/aromatic N) is 1. The summed E-state index contributed by atoms with van der Waals surface area (Å²) in [7, 11) is 0. The molecule has 92 valence electrons. The molecule has 1 saturated heterocycles. The third-order valence-electron chi connectivity index (χ3n) is 4.10. The largest absolute Gasteiger partial charge is 0.370 e. The van der Waals surface area contributed by atoms with E-state index in [1.807, 2.05) is 0 Å². The molecule has 0 atom stereocenters. The topological polar surface area (TPSA) is 58.4 Å². The number of nitrogens with two attached hydrogens (primary N) is 1. The summed E-state index contributed by atoms with van der Waals surface area (Å²) in [6.45, 7) is 4.04. The summed E-state index contributed by atoms with van der Waals surface area (Å²) in [5.41, 5.74) is 5.57. The van der Waals surface area contributed by atoms with Crippen LogP contribution in [0, 0.1) is 0 Å². The van der Waals surface area contributed by atoms with Gasteiger partial charge in [-0.05, 0) is 12.8 Å². The molecule has 4 heteroatoms. The predicted octanol–water partition coefficient (Wildman–Crippen LogP) is 0.470. The Kier molecular flexibility index (Phi) is 3.82. The van der Waals surface area contributed by atoms with Crippen molar-refractivity contribution in [3.8, 4) is 0 Å². The molecule has 4 nitrogen and oxygen atoms in total. The number of primary amides is 1. The summed E-state index contributed by atoms with van der Waals surface area (Å²) in [5.74, 6) is -0.176. The van der Waals surface area contributed by atoms with Gasteiger partial charge in [-0.1, -0.05) is 19.3 Å². The third kappa shape index (κ3) is 2.55. The van der Waals surface area contributed by atoms with Gasteiger partial charge in [-0.3, -0.25) is 9.69 Å². The summed E-state index contributed by atoms with van der Waals surface area (Å²) in [6, 6.07) is 0. The Morgan fingerprint density at radius 1 is 1.31 bits per heavy atom. The van der Waals surface area contributed by atoms with Gasteiger partial charge in [0.05, 0.1) is 0 Å². The fraction of sp³-hybridized carbons (Fsp3) is 0.917. The van der Waals surface area contributed by atoms with Crippen molar-refractivity contribution in [2.45, 2.75) is 44.1 Å². The molecule has 3 N–H and O–H groups in total. The first-order chi connectivity index (χ1) is 7.73. The Balaban J connectivity index is 1.97. The highest BCUT2D eigenvalue weighted by Crippen LogP contribution is 2.34. The van der Waals surface area contributed by atoms with Crippen LogP contribution in [0.1, 0.15) is 38.5 Å². The SMILES string of the molecule is NC(=O)CCN1CCNCC12CCCCC2. The fourth-order valence-corrected chi connectivity index (χ4v) is 3.18. The number of amides is 1. The van der Waals surface area contributed by atoms with E-state index >= 15 is 0 Å². The molecule has 1 heterocycles. The van der Waals surface area contributed by atoms with Gasteiger partial charge >= 0.3 is 0 Å². The number of hydrogen-bond donors (Lipinski definition) is 2. The van der Waals surface area contributed by atoms with E-state index in [0.29, 0.717) is 12.0 Å². The molecule has 0 aromatic carbocycles. The summed E-state index contributed by atoms with van der Waals surface area (Å²) in [6.07, 6.45) is 7.08. The third-order valence-corrected chi connectivity index (χ3v) is 4.10. The van der Waals surface area contributed by atoms with Crippen molar-refractivity contribution in [3.63, 3.8) is 0 Å². The standard InChI is InChI=1S/C12H23N3O/c13-11(16)4-8-15-9-7-14-10-12(15)5-2-1-3-6-12/h14H,1-10H2,(H2,13,16). The molecule has 1 amide bonds. The highest BCUT2D eigenvalue weighted by atomic mass is 16.1. The van der Waals surface area contributed by atoms with Gasteiger partial charge in [0.25, 0.3) is 0 Å². The van der Waals surface area contributed by atoms with Gasteiger partial charge in [-0.2, -0.15) is 0 Å². The van der Waals surface area contributed by atoms with Gasteiger partial charge in [0.15, 0.2) is 0 Å². The molecule has 2 fully saturated rings. The second-order valence-corrected chi connectivity index (χ2v) is 5.17. The molecule has 1 aliphatic heterocycles. The summed E-state index contributed by atoms with van der Waals surface area (Å²) in [5, 5.41) is 3.51. The lowest BCUT2D eigenvalue weighted by atomic mass is 9.79. The number of piperazine rings is 1. The first-order valence-electron chi connectivity index (χ1n) is 6.47. The lowest BCUT2D eigenvalue weighted by Crippen LogP contribution is -2.62. The zero-order valence-corrected chi connectivity index (χ0v) is 10.0. The molecule has 1 saturated carbocycles. The van der Waals surface area contributed by atoms with E-state index in [9.17, 15) is 4.79 Å². The van der Waals surface area contributed by atoms with E-state index in [2.05, 4.69) is 10.2 Å². The van der Waals surface area contributed by atoms with Gasteiger partial charge in [0.2, 0.25) is 5.91 Å². The molecular formula is C12H23N3O. The second kappa shape index (κ2) is 5.15. The van der Waals surface area contributed by atoms with Crippen LogP contribution in [0.15, 0.2) is 0 Å². The average molecular weight is 225 g/mol. The molecule has 0 unspecified atom stereocenters. The molecule has 0 bridgehead atoms. The van der Waals surface area contributed by atoms with E-state index in [-0.39, 0.29) is 5.91 Å². The molecule has 1 spiro atoms. The Labute approximate surface area is 97.6 Å². The van der Waals surface area contributed by atoms with Crippen LogP contribution in [0.2, 0.25) is 0 Å². The molecule has 1 aliphatic carbocycles. The summed E-state index contributed by atoms with van der Waals surface area (Å²) >= 11 is 0.